The monoisotopic (exact) mass is 342 g/mol. The molecule has 1 aliphatic heterocycles. The van der Waals surface area contributed by atoms with Crippen LogP contribution in [0.2, 0.25) is 0 Å². The zero-order valence-corrected chi connectivity index (χ0v) is 13.7. The molecule has 0 radical (unpaired) electrons. The summed E-state index contributed by atoms with van der Waals surface area (Å²) in [6, 6.07) is 10.1. The average Bonchev–Trinajstić information content (AvgIpc) is 3.28. The standard InChI is InChI=1S/C18H18N2O5/c1-24-18(23)12-4-2-5-14(8-12)20-11-13(9-16(20)21)17(22)19-10-15-6-3-7-25-15/h2-8,13H,9-11H2,1H3,(H,19,22). The summed E-state index contributed by atoms with van der Waals surface area (Å²) in [5.41, 5.74) is 0.938. The van der Waals surface area contributed by atoms with Crippen LogP contribution in [0, 0.1) is 5.92 Å². The van der Waals surface area contributed by atoms with Gasteiger partial charge in [-0.25, -0.2) is 4.79 Å². The maximum Gasteiger partial charge on any atom is 0.337 e. The molecule has 0 saturated carbocycles. The maximum atomic E-state index is 12.3. The predicted molar refractivity (Wildman–Crippen MR) is 88.8 cm³/mol. The molecule has 3 rings (SSSR count). The number of ether oxygens (including phenoxy) is 1. The topological polar surface area (TPSA) is 88.8 Å². The van der Waals surface area contributed by atoms with Crippen LogP contribution in [0.1, 0.15) is 22.5 Å². The highest BCUT2D eigenvalue weighted by atomic mass is 16.5. The normalized spacial score (nSPS) is 16.8. The first-order valence-electron chi connectivity index (χ1n) is 7.87. The summed E-state index contributed by atoms with van der Waals surface area (Å²) in [4.78, 5) is 37.7. The lowest BCUT2D eigenvalue weighted by Gasteiger charge is -2.17. The summed E-state index contributed by atoms with van der Waals surface area (Å²) >= 11 is 0. The van der Waals surface area contributed by atoms with Crippen molar-refractivity contribution in [1.29, 1.82) is 0 Å². The Bertz CT molecular complexity index is 785. The van der Waals surface area contributed by atoms with Gasteiger partial charge in [-0.15, -0.1) is 0 Å². The third-order valence-corrected chi connectivity index (χ3v) is 4.09. The van der Waals surface area contributed by atoms with Gasteiger partial charge in [0.15, 0.2) is 0 Å². The van der Waals surface area contributed by atoms with E-state index in [0.717, 1.165) is 0 Å². The summed E-state index contributed by atoms with van der Waals surface area (Å²) < 4.78 is 9.86. The molecule has 7 heteroatoms. The summed E-state index contributed by atoms with van der Waals surface area (Å²) in [6.07, 6.45) is 1.67. The molecule has 2 heterocycles. The van der Waals surface area contributed by atoms with Crippen molar-refractivity contribution in [3.05, 3.63) is 54.0 Å². The number of nitrogens with one attached hydrogen (secondary N) is 1. The molecule has 0 spiro atoms. The number of carbonyl (C=O) groups is 3. The predicted octanol–water partition coefficient (Wildman–Crippen LogP) is 1.74. The molecule has 1 aromatic heterocycles. The van der Waals surface area contributed by atoms with E-state index in [4.69, 9.17) is 9.15 Å². The first-order chi connectivity index (χ1) is 12.1. The molecule has 1 atom stereocenters. The van der Waals surface area contributed by atoms with Crippen LogP contribution in [0.4, 0.5) is 5.69 Å². The quantitative estimate of drug-likeness (QED) is 0.836. The van der Waals surface area contributed by atoms with E-state index in [0.29, 0.717) is 17.0 Å². The van der Waals surface area contributed by atoms with Crippen molar-refractivity contribution in [2.45, 2.75) is 13.0 Å². The van der Waals surface area contributed by atoms with Crippen molar-refractivity contribution in [3.8, 4) is 0 Å². The van der Waals surface area contributed by atoms with Crippen molar-refractivity contribution in [2.75, 3.05) is 18.6 Å². The Hall–Kier alpha value is -3.09. The lowest BCUT2D eigenvalue weighted by atomic mass is 10.1. The van der Waals surface area contributed by atoms with E-state index < -0.39 is 11.9 Å². The Balaban J connectivity index is 1.66. The number of furan rings is 1. The number of methoxy groups -OCH3 is 1. The molecule has 130 valence electrons. The molecule has 2 aromatic rings. The summed E-state index contributed by atoms with van der Waals surface area (Å²) in [5, 5.41) is 2.77. The number of carbonyl (C=O) groups excluding carboxylic acids is 3. The smallest absolute Gasteiger partial charge is 0.337 e. The van der Waals surface area contributed by atoms with Crippen molar-refractivity contribution < 1.29 is 23.5 Å². The molecular weight excluding hydrogens is 324 g/mol. The largest absolute Gasteiger partial charge is 0.467 e. The molecule has 2 amide bonds. The fourth-order valence-electron chi connectivity index (χ4n) is 2.78. The van der Waals surface area contributed by atoms with Gasteiger partial charge in [0.05, 0.1) is 31.4 Å². The number of anilines is 1. The number of nitrogens with zero attached hydrogens (tertiary/aromatic N) is 1. The van der Waals surface area contributed by atoms with Gasteiger partial charge in [-0.2, -0.15) is 0 Å². The molecule has 1 fully saturated rings. The Morgan fingerprint density at radius 1 is 1.32 bits per heavy atom. The zero-order chi connectivity index (χ0) is 17.8. The number of amides is 2. The number of esters is 1. The van der Waals surface area contributed by atoms with Crippen LogP contribution in [0.15, 0.2) is 47.1 Å². The second-order valence-electron chi connectivity index (χ2n) is 5.74. The Morgan fingerprint density at radius 2 is 2.16 bits per heavy atom. The molecule has 0 bridgehead atoms. The van der Waals surface area contributed by atoms with Crippen LogP contribution in [0.3, 0.4) is 0 Å². The lowest BCUT2D eigenvalue weighted by Crippen LogP contribution is -2.32. The van der Waals surface area contributed by atoms with Gasteiger partial charge < -0.3 is 19.4 Å². The number of rotatable bonds is 5. The lowest BCUT2D eigenvalue weighted by molar-refractivity contribution is -0.126. The van der Waals surface area contributed by atoms with E-state index in [1.165, 1.54) is 18.3 Å². The fraction of sp³-hybridized carbons (Fsp3) is 0.278. The molecule has 25 heavy (non-hydrogen) atoms. The van der Waals surface area contributed by atoms with Gasteiger partial charge in [-0.05, 0) is 30.3 Å². The van der Waals surface area contributed by atoms with Gasteiger partial charge in [0.2, 0.25) is 11.8 Å². The van der Waals surface area contributed by atoms with E-state index in [1.54, 1.807) is 36.4 Å². The molecule has 7 nitrogen and oxygen atoms in total. The minimum absolute atomic E-state index is 0.131. The number of hydrogen-bond acceptors (Lipinski definition) is 5. The average molecular weight is 342 g/mol. The second-order valence-corrected chi connectivity index (χ2v) is 5.74. The van der Waals surface area contributed by atoms with E-state index in [1.807, 2.05) is 0 Å². The van der Waals surface area contributed by atoms with Crippen LogP contribution in [-0.4, -0.2) is 31.4 Å². The summed E-state index contributed by atoms with van der Waals surface area (Å²) in [6.45, 7) is 0.557. The van der Waals surface area contributed by atoms with Crippen molar-refractivity contribution in [2.24, 2.45) is 5.92 Å². The highest BCUT2D eigenvalue weighted by molar-refractivity contribution is 6.01. The fourth-order valence-corrected chi connectivity index (χ4v) is 2.78. The molecule has 1 N–H and O–H groups in total. The Morgan fingerprint density at radius 3 is 2.88 bits per heavy atom. The second kappa shape index (κ2) is 7.21. The van der Waals surface area contributed by atoms with Gasteiger partial charge in [0.25, 0.3) is 0 Å². The van der Waals surface area contributed by atoms with E-state index in [-0.39, 0.29) is 31.3 Å². The third-order valence-electron chi connectivity index (χ3n) is 4.09. The van der Waals surface area contributed by atoms with Crippen molar-refractivity contribution >= 4 is 23.5 Å². The van der Waals surface area contributed by atoms with Gasteiger partial charge in [0, 0.05) is 18.7 Å². The van der Waals surface area contributed by atoms with Crippen LogP contribution in [0.5, 0.6) is 0 Å². The van der Waals surface area contributed by atoms with Crippen LogP contribution >= 0.6 is 0 Å². The minimum Gasteiger partial charge on any atom is -0.467 e. The van der Waals surface area contributed by atoms with Crippen LogP contribution in [0.25, 0.3) is 0 Å². The first-order valence-corrected chi connectivity index (χ1v) is 7.87. The number of benzene rings is 1. The highest BCUT2D eigenvalue weighted by Gasteiger charge is 2.35. The van der Waals surface area contributed by atoms with Crippen molar-refractivity contribution in [1.82, 2.24) is 5.32 Å². The number of hydrogen-bond donors (Lipinski definition) is 1. The molecular formula is C18H18N2O5. The molecule has 1 unspecified atom stereocenters. The SMILES string of the molecule is COC(=O)c1cccc(N2CC(C(=O)NCc3ccco3)CC2=O)c1. The maximum absolute atomic E-state index is 12.3. The van der Waals surface area contributed by atoms with Crippen molar-refractivity contribution in [3.63, 3.8) is 0 Å². The Labute approximate surface area is 144 Å². The van der Waals surface area contributed by atoms with Gasteiger partial charge in [-0.1, -0.05) is 6.07 Å². The highest BCUT2D eigenvalue weighted by Crippen LogP contribution is 2.26. The van der Waals surface area contributed by atoms with Crippen LogP contribution in [-0.2, 0) is 20.9 Å². The molecule has 1 saturated heterocycles. The van der Waals surface area contributed by atoms with Gasteiger partial charge >= 0.3 is 5.97 Å². The first kappa shape index (κ1) is 16.8. The van der Waals surface area contributed by atoms with Gasteiger partial charge in [0.1, 0.15) is 5.76 Å². The van der Waals surface area contributed by atoms with Crippen LogP contribution < -0.4 is 10.2 Å². The van der Waals surface area contributed by atoms with E-state index in [2.05, 4.69) is 5.32 Å². The van der Waals surface area contributed by atoms with Gasteiger partial charge in [-0.3, -0.25) is 9.59 Å². The molecule has 0 aliphatic carbocycles. The van der Waals surface area contributed by atoms with E-state index >= 15 is 0 Å². The third kappa shape index (κ3) is 3.71. The summed E-state index contributed by atoms with van der Waals surface area (Å²) in [7, 11) is 1.30. The Kier molecular flexibility index (Phi) is 4.83. The van der Waals surface area contributed by atoms with E-state index in [9.17, 15) is 14.4 Å². The zero-order valence-electron chi connectivity index (χ0n) is 13.7. The summed E-state index contributed by atoms with van der Waals surface area (Å²) in [5.74, 6) is -0.609. The molecule has 1 aromatic carbocycles. The molecule has 1 aliphatic rings. The minimum atomic E-state index is -0.471.